The van der Waals surface area contributed by atoms with Crippen LogP contribution in [0.5, 0.6) is 0 Å². The molecule has 0 unspecified atom stereocenters. The molecule has 0 aliphatic carbocycles. The molecule has 0 aliphatic heterocycles. The maximum Gasteiger partial charge on any atom is 0.333 e. The fourth-order valence-electron chi connectivity index (χ4n) is 1.36. The second kappa shape index (κ2) is 14.4. The number of esters is 1. The van der Waals surface area contributed by atoms with Crippen LogP contribution in [0.2, 0.25) is 0 Å². The number of rotatable bonds is 12. The van der Waals surface area contributed by atoms with E-state index in [2.05, 4.69) is 6.58 Å². The van der Waals surface area contributed by atoms with Crippen molar-refractivity contribution in [2.24, 2.45) is 5.41 Å². The van der Waals surface area contributed by atoms with E-state index in [1.165, 1.54) is 6.92 Å². The summed E-state index contributed by atoms with van der Waals surface area (Å²) in [6.07, 6.45) is 2.10. The molecule has 0 bridgehead atoms. The van der Waals surface area contributed by atoms with Crippen molar-refractivity contribution < 1.29 is 44.7 Å². The number of carbonyl (C=O) groups is 3. The zero-order chi connectivity index (χ0) is 19.9. The maximum absolute atomic E-state index is 11.0. The van der Waals surface area contributed by atoms with Crippen molar-refractivity contribution in [3.63, 3.8) is 0 Å². The molecule has 0 atom stereocenters. The highest BCUT2D eigenvalue weighted by atomic mass is 16.5. The Kier molecular flexibility index (Phi) is 14.5. The smallest absolute Gasteiger partial charge is 0.333 e. The van der Waals surface area contributed by atoms with E-state index in [-0.39, 0.29) is 25.0 Å². The lowest BCUT2D eigenvalue weighted by Gasteiger charge is -2.26. The van der Waals surface area contributed by atoms with Crippen molar-refractivity contribution in [1.29, 1.82) is 0 Å². The first-order valence-corrected chi connectivity index (χ1v) is 7.73. The van der Waals surface area contributed by atoms with Crippen LogP contribution >= 0.6 is 0 Å². The molecule has 0 amide bonds. The Bertz CT molecular complexity index is 403. The predicted octanol–water partition coefficient (Wildman–Crippen LogP) is 0.175. The van der Waals surface area contributed by atoms with Crippen molar-refractivity contribution >= 4 is 17.9 Å². The van der Waals surface area contributed by atoms with Gasteiger partial charge in [-0.05, 0) is 19.8 Å². The highest BCUT2D eigenvalue weighted by molar-refractivity contribution is 5.86. The number of unbranched alkanes of at least 4 members (excludes halogenated alkanes) is 2. The van der Waals surface area contributed by atoms with E-state index in [4.69, 9.17) is 30.3 Å². The first-order chi connectivity index (χ1) is 11.6. The summed E-state index contributed by atoms with van der Waals surface area (Å²) in [6.45, 7) is 3.26. The molecule has 0 saturated carbocycles. The third-order valence-electron chi connectivity index (χ3n) is 3.15. The number of ether oxygens (including phenoxy) is 1. The van der Waals surface area contributed by atoms with Crippen LogP contribution in [0.1, 0.15) is 39.0 Å². The summed E-state index contributed by atoms with van der Waals surface area (Å²) in [4.78, 5) is 30.9. The molecule has 9 heteroatoms. The van der Waals surface area contributed by atoms with Crippen LogP contribution in [0.25, 0.3) is 0 Å². The molecule has 9 nitrogen and oxygen atoms in total. The lowest BCUT2D eigenvalue weighted by atomic mass is 9.93. The summed E-state index contributed by atoms with van der Waals surface area (Å²) in [5, 5.41) is 43.1. The van der Waals surface area contributed by atoms with E-state index in [1.54, 1.807) is 0 Å². The van der Waals surface area contributed by atoms with Crippen molar-refractivity contribution in [2.45, 2.75) is 39.0 Å². The molecule has 0 spiro atoms. The zero-order valence-corrected chi connectivity index (χ0v) is 14.4. The van der Waals surface area contributed by atoms with Gasteiger partial charge in [-0.2, -0.15) is 0 Å². The number of hydrogen-bond donors (Lipinski definition) is 5. The average molecular weight is 364 g/mol. The summed E-state index contributed by atoms with van der Waals surface area (Å²) < 4.78 is 4.72. The van der Waals surface area contributed by atoms with Gasteiger partial charge in [-0.25, -0.2) is 4.79 Å². The standard InChI is InChI=1S/C9H16O5.C7H12O4/c1-7(2)8(13)14-6-9(3-10,4-11)5-12;8-6(9)4-2-1-3-5-7(10)11/h10-12H,1,3-6H2,2H3;1-5H2,(H,8,9)(H,10,11). The summed E-state index contributed by atoms with van der Waals surface area (Å²) in [6, 6.07) is 0. The van der Waals surface area contributed by atoms with Crippen LogP contribution in [-0.2, 0) is 19.1 Å². The molecule has 0 rings (SSSR count). The molecule has 0 heterocycles. The molecule has 0 saturated heterocycles. The molecule has 0 aromatic carbocycles. The van der Waals surface area contributed by atoms with Gasteiger partial charge in [0.15, 0.2) is 0 Å². The van der Waals surface area contributed by atoms with Gasteiger partial charge in [0, 0.05) is 18.4 Å². The number of aliphatic hydroxyl groups is 3. The summed E-state index contributed by atoms with van der Waals surface area (Å²) >= 11 is 0. The molecule has 0 fully saturated rings. The molecule has 5 N–H and O–H groups in total. The van der Waals surface area contributed by atoms with Gasteiger partial charge in [0.1, 0.15) is 6.61 Å². The second-order valence-electron chi connectivity index (χ2n) is 5.68. The van der Waals surface area contributed by atoms with Gasteiger partial charge < -0.3 is 30.3 Å². The van der Waals surface area contributed by atoms with Gasteiger partial charge in [-0.3, -0.25) is 9.59 Å². The van der Waals surface area contributed by atoms with Crippen LogP contribution in [0.3, 0.4) is 0 Å². The highest BCUT2D eigenvalue weighted by Gasteiger charge is 2.30. The van der Waals surface area contributed by atoms with Crippen LogP contribution in [0.4, 0.5) is 0 Å². The number of carboxylic acids is 2. The maximum atomic E-state index is 11.0. The Morgan fingerprint density at radius 3 is 1.56 bits per heavy atom. The number of carboxylic acid groups (broad SMARTS) is 2. The Labute approximate surface area is 146 Å². The average Bonchev–Trinajstić information content (AvgIpc) is 2.56. The fraction of sp³-hybridized carbons (Fsp3) is 0.688. The van der Waals surface area contributed by atoms with Crippen molar-refractivity contribution in [2.75, 3.05) is 26.4 Å². The SMILES string of the molecule is C=C(C)C(=O)OCC(CO)(CO)CO.O=C(O)CCCCCC(=O)O. The summed E-state index contributed by atoms with van der Waals surface area (Å²) in [7, 11) is 0. The van der Waals surface area contributed by atoms with Crippen molar-refractivity contribution in [3.05, 3.63) is 12.2 Å². The van der Waals surface area contributed by atoms with E-state index in [9.17, 15) is 14.4 Å². The van der Waals surface area contributed by atoms with Crippen LogP contribution in [0, 0.1) is 5.41 Å². The predicted molar refractivity (Wildman–Crippen MR) is 87.8 cm³/mol. The highest BCUT2D eigenvalue weighted by Crippen LogP contribution is 2.15. The fourth-order valence-corrected chi connectivity index (χ4v) is 1.36. The Morgan fingerprint density at radius 1 is 0.880 bits per heavy atom. The van der Waals surface area contributed by atoms with Gasteiger partial charge in [-0.15, -0.1) is 0 Å². The van der Waals surface area contributed by atoms with Crippen LogP contribution < -0.4 is 0 Å². The second-order valence-corrected chi connectivity index (χ2v) is 5.68. The molecule has 0 radical (unpaired) electrons. The topological polar surface area (TPSA) is 162 Å². The monoisotopic (exact) mass is 364 g/mol. The number of aliphatic hydroxyl groups excluding tert-OH is 3. The molecule has 146 valence electrons. The summed E-state index contributed by atoms with van der Waals surface area (Å²) in [5.41, 5.74) is -0.946. The normalized spacial score (nSPS) is 10.4. The van der Waals surface area contributed by atoms with Crippen LogP contribution in [-0.4, -0.2) is 69.9 Å². The number of carbonyl (C=O) groups excluding carboxylic acids is 1. The zero-order valence-electron chi connectivity index (χ0n) is 14.4. The lowest BCUT2D eigenvalue weighted by Crippen LogP contribution is -2.39. The first-order valence-electron chi connectivity index (χ1n) is 7.73. The van der Waals surface area contributed by atoms with Crippen molar-refractivity contribution in [1.82, 2.24) is 0 Å². The van der Waals surface area contributed by atoms with E-state index in [1.807, 2.05) is 0 Å². The third-order valence-corrected chi connectivity index (χ3v) is 3.15. The Morgan fingerprint density at radius 2 is 1.28 bits per heavy atom. The van der Waals surface area contributed by atoms with E-state index in [0.29, 0.717) is 19.3 Å². The number of aliphatic carboxylic acids is 2. The Hall–Kier alpha value is -1.97. The van der Waals surface area contributed by atoms with Gasteiger partial charge in [0.05, 0.1) is 25.2 Å². The van der Waals surface area contributed by atoms with E-state index < -0.39 is 43.1 Å². The van der Waals surface area contributed by atoms with Gasteiger partial charge >= 0.3 is 17.9 Å². The molecule has 25 heavy (non-hydrogen) atoms. The minimum atomic E-state index is -1.18. The molecule has 0 aliphatic rings. The first kappa shape index (κ1) is 25.3. The molecule has 0 aromatic heterocycles. The largest absolute Gasteiger partial charge is 0.481 e. The number of hydrogen-bond acceptors (Lipinski definition) is 7. The van der Waals surface area contributed by atoms with Crippen LogP contribution in [0.15, 0.2) is 12.2 Å². The lowest BCUT2D eigenvalue weighted by molar-refractivity contribution is -0.146. The van der Waals surface area contributed by atoms with Crippen molar-refractivity contribution in [3.8, 4) is 0 Å². The third kappa shape index (κ3) is 14.1. The van der Waals surface area contributed by atoms with E-state index >= 15 is 0 Å². The molecule has 0 aromatic rings. The minimum Gasteiger partial charge on any atom is -0.481 e. The minimum absolute atomic E-state index is 0.139. The van der Waals surface area contributed by atoms with Gasteiger partial charge in [0.25, 0.3) is 0 Å². The summed E-state index contributed by atoms with van der Waals surface area (Å²) in [5.74, 6) is -2.25. The van der Waals surface area contributed by atoms with Gasteiger partial charge in [-0.1, -0.05) is 13.0 Å². The molecular weight excluding hydrogens is 336 g/mol. The molecular formula is C16H28O9. The Balaban J connectivity index is 0. The quantitative estimate of drug-likeness (QED) is 0.185. The van der Waals surface area contributed by atoms with E-state index in [0.717, 1.165) is 0 Å². The van der Waals surface area contributed by atoms with Gasteiger partial charge in [0.2, 0.25) is 0 Å².